The number of thiophene rings is 1. The molecular formula is C15H18N4OS. The first kappa shape index (κ1) is 15.1. The smallest absolute Gasteiger partial charge is 0.243 e. The summed E-state index contributed by atoms with van der Waals surface area (Å²) in [6, 6.07) is 13.4. The number of guanidine groups is 1. The lowest BCUT2D eigenvalue weighted by molar-refractivity contribution is -0.115. The lowest BCUT2D eigenvalue weighted by Gasteiger charge is -2.11. The van der Waals surface area contributed by atoms with Crippen LogP contribution in [0.3, 0.4) is 0 Å². The van der Waals surface area contributed by atoms with Crippen LogP contribution in [0, 0.1) is 0 Å². The third-order valence-electron chi connectivity index (χ3n) is 2.71. The van der Waals surface area contributed by atoms with E-state index in [9.17, 15) is 4.79 Å². The van der Waals surface area contributed by atoms with Crippen molar-refractivity contribution >= 4 is 28.9 Å². The van der Waals surface area contributed by atoms with Crippen LogP contribution >= 0.6 is 11.3 Å². The molecule has 0 saturated carbocycles. The molecule has 0 spiro atoms. The molecule has 0 radical (unpaired) electrons. The van der Waals surface area contributed by atoms with E-state index in [-0.39, 0.29) is 12.5 Å². The van der Waals surface area contributed by atoms with Crippen molar-refractivity contribution in [2.45, 2.75) is 6.54 Å². The van der Waals surface area contributed by atoms with Crippen molar-refractivity contribution in [3.05, 3.63) is 52.7 Å². The Morgan fingerprint density at radius 2 is 1.95 bits per heavy atom. The van der Waals surface area contributed by atoms with Crippen LogP contribution < -0.4 is 16.0 Å². The van der Waals surface area contributed by atoms with Gasteiger partial charge in [0.1, 0.15) is 0 Å². The summed E-state index contributed by atoms with van der Waals surface area (Å²) in [6.07, 6.45) is 0. The van der Waals surface area contributed by atoms with Gasteiger partial charge in [0.15, 0.2) is 5.96 Å². The van der Waals surface area contributed by atoms with Crippen LogP contribution in [0.15, 0.2) is 52.8 Å². The third kappa shape index (κ3) is 5.27. The molecule has 1 amide bonds. The van der Waals surface area contributed by atoms with Crippen molar-refractivity contribution in [2.24, 2.45) is 4.99 Å². The number of carbonyl (C=O) groups is 1. The zero-order valence-corrected chi connectivity index (χ0v) is 12.6. The predicted molar refractivity (Wildman–Crippen MR) is 87.6 cm³/mol. The quantitative estimate of drug-likeness (QED) is 0.585. The van der Waals surface area contributed by atoms with Crippen LogP contribution in [0.1, 0.15) is 4.88 Å². The minimum absolute atomic E-state index is 0.111. The fourth-order valence-electron chi connectivity index (χ4n) is 1.70. The molecule has 0 aliphatic heterocycles. The molecule has 0 aliphatic rings. The maximum absolute atomic E-state index is 11.8. The summed E-state index contributed by atoms with van der Waals surface area (Å²) in [5.74, 6) is 0.492. The predicted octanol–water partition coefficient (Wildman–Crippen LogP) is 2.05. The molecule has 0 fully saturated rings. The van der Waals surface area contributed by atoms with Crippen LogP contribution in [-0.4, -0.2) is 25.5 Å². The Hall–Kier alpha value is -2.34. The van der Waals surface area contributed by atoms with Gasteiger partial charge in [-0.2, -0.15) is 0 Å². The van der Waals surface area contributed by atoms with Crippen LogP contribution in [0.4, 0.5) is 5.69 Å². The van der Waals surface area contributed by atoms with E-state index in [0.29, 0.717) is 12.5 Å². The normalized spacial score (nSPS) is 11.0. The molecule has 0 bridgehead atoms. The number of hydrogen-bond acceptors (Lipinski definition) is 3. The van der Waals surface area contributed by atoms with E-state index in [1.165, 1.54) is 4.88 Å². The second-order valence-corrected chi connectivity index (χ2v) is 5.31. The maximum Gasteiger partial charge on any atom is 0.243 e. The number of aliphatic imine (C=N–C) groups is 1. The highest BCUT2D eigenvalue weighted by Gasteiger charge is 2.04. The number of hydrogen-bond donors (Lipinski definition) is 3. The minimum atomic E-state index is -0.111. The second kappa shape index (κ2) is 8.06. The highest BCUT2D eigenvalue weighted by atomic mass is 32.1. The average molecular weight is 302 g/mol. The number of para-hydroxylation sites is 1. The number of amides is 1. The molecule has 21 heavy (non-hydrogen) atoms. The zero-order chi connectivity index (χ0) is 14.9. The summed E-state index contributed by atoms with van der Waals surface area (Å²) in [7, 11) is 1.68. The average Bonchev–Trinajstić information content (AvgIpc) is 3.02. The van der Waals surface area contributed by atoms with Gasteiger partial charge in [-0.05, 0) is 23.6 Å². The highest BCUT2D eigenvalue weighted by Crippen LogP contribution is 2.07. The largest absolute Gasteiger partial charge is 0.352 e. The van der Waals surface area contributed by atoms with Crippen molar-refractivity contribution in [1.82, 2.24) is 10.6 Å². The summed E-state index contributed by atoms with van der Waals surface area (Å²) in [4.78, 5) is 17.1. The molecule has 1 heterocycles. The molecule has 0 atom stereocenters. The van der Waals surface area contributed by atoms with Gasteiger partial charge in [-0.15, -0.1) is 11.3 Å². The second-order valence-electron chi connectivity index (χ2n) is 4.27. The van der Waals surface area contributed by atoms with E-state index in [0.717, 1.165) is 5.69 Å². The van der Waals surface area contributed by atoms with Crippen molar-refractivity contribution in [2.75, 3.05) is 18.9 Å². The van der Waals surface area contributed by atoms with Crippen LogP contribution in [0.25, 0.3) is 0 Å². The van der Waals surface area contributed by atoms with E-state index in [1.54, 1.807) is 18.4 Å². The number of nitrogens with zero attached hydrogens (tertiary/aromatic N) is 1. The summed E-state index contributed by atoms with van der Waals surface area (Å²) >= 11 is 1.68. The third-order valence-corrected chi connectivity index (χ3v) is 3.58. The molecule has 5 nitrogen and oxygen atoms in total. The first-order chi connectivity index (χ1) is 10.3. The molecule has 6 heteroatoms. The fraction of sp³-hybridized carbons (Fsp3) is 0.200. The Balaban J connectivity index is 1.74. The monoisotopic (exact) mass is 302 g/mol. The summed E-state index contributed by atoms with van der Waals surface area (Å²) in [5.41, 5.74) is 0.783. The zero-order valence-electron chi connectivity index (χ0n) is 11.8. The van der Waals surface area contributed by atoms with E-state index >= 15 is 0 Å². The lowest BCUT2D eigenvalue weighted by Crippen LogP contribution is -2.40. The molecular weight excluding hydrogens is 284 g/mol. The van der Waals surface area contributed by atoms with E-state index in [2.05, 4.69) is 20.9 Å². The van der Waals surface area contributed by atoms with Crippen LogP contribution in [0.5, 0.6) is 0 Å². The molecule has 2 aromatic rings. The molecule has 0 saturated heterocycles. The van der Waals surface area contributed by atoms with Gasteiger partial charge in [0.05, 0.1) is 13.1 Å². The molecule has 3 N–H and O–H groups in total. The number of rotatable bonds is 5. The summed E-state index contributed by atoms with van der Waals surface area (Å²) in [6.45, 7) is 0.858. The van der Waals surface area contributed by atoms with E-state index in [1.807, 2.05) is 47.8 Å². The number of carbonyl (C=O) groups excluding carboxylic acids is 1. The van der Waals surface area contributed by atoms with Gasteiger partial charge in [0.25, 0.3) is 0 Å². The Kier molecular flexibility index (Phi) is 5.78. The fourth-order valence-corrected chi connectivity index (χ4v) is 2.34. The van der Waals surface area contributed by atoms with E-state index < -0.39 is 0 Å². The van der Waals surface area contributed by atoms with Crippen molar-refractivity contribution in [1.29, 1.82) is 0 Å². The molecule has 0 unspecified atom stereocenters. The Morgan fingerprint density at radius 1 is 1.14 bits per heavy atom. The Bertz CT molecular complexity index is 581. The van der Waals surface area contributed by atoms with Crippen LogP contribution in [-0.2, 0) is 11.3 Å². The first-order valence-electron chi connectivity index (χ1n) is 6.60. The lowest BCUT2D eigenvalue weighted by atomic mass is 10.3. The van der Waals surface area contributed by atoms with Gasteiger partial charge in [0.2, 0.25) is 5.91 Å². The standard InChI is InChI=1S/C15H18N4OS/c1-16-15(17-10-13-8-5-9-21-13)18-11-14(20)19-12-6-3-2-4-7-12/h2-9H,10-11H2,1H3,(H,19,20)(H2,16,17,18). The van der Waals surface area contributed by atoms with Gasteiger partial charge in [-0.25, -0.2) is 0 Å². The van der Waals surface area contributed by atoms with E-state index in [4.69, 9.17) is 0 Å². The van der Waals surface area contributed by atoms with Gasteiger partial charge in [-0.1, -0.05) is 24.3 Å². The Morgan fingerprint density at radius 3 is 2.62 bits per heavy atom. The minimum Gasteiger partial charge on any atom is -0.352 e. The molecule has 1 aromatic carbocycles. The van der Waals surface area contributed by atoms with Crippen LogP contribution in [0.2, 0.25) is 0 Å². The summed E-state index contributed by atoms with van der Waals surface area (Å²) < 4.78 is 0. The van der Waals surface area contributed by atoms with Crippen molar-refractivity contribution < 1.29 is 4.79 Å². The maximum atomic E-state index is 11.8. The molecule has 0 aliphatic carbocycles. The van der Waals surface area contributed by atoms with Crippen molar-refractivity contribution in [3.63, 3.8) is 0 Å². The first-order valence-corrected chi connectivity index (χ1v) is 7.47. The highest BCUT2D eigenvalue weighted by molar-refractivity contribution is 7.09. The molecule has 2 rings (SSSR count). The van der Waals surface area contributed by atoms with Gasteiger partial charge in [-0.3, -0.25) is 9.79 Å². The SMILES string of the molecule is CN=C(NCC(=O)Nc1ccccc1)NCc1cccs1. The topological polar surface area (TPSA) is 65.5 Å². The number of anilines is 1. The Labute approximate surface area is 128 Å². The molecule has 110 valence electrons. The van der Waals surface area contributed by atoms with Gasteiger partial charge in [0, 0.05) is 17.6 Å². The van der Waals surface area contributed by atoms with Gasteiger partial charge >= 0.3 is 0 Å². The van der Waals surface area contributed by atoms with Gasteiger partial charge < -0.3 is 16.0 Å². The molecule has 1 aromatic heterocycles. The number of nitrogens with one attached hydrogen (secondary N) is 3. The number of benzene rings is 1. The van der Waals surface area contributed by atoms with Crippen molar-refractivity contribution in [3.8, 4) is 0 Å². The summed E-state index contributed by atoms with van der Waals surface area (Å²) in [5, 5.41) is 11.0.